The van der Waals surface area contributed by atoms with Crippen LogP contribution in [0.1, 0.15) is 31.1 Å². The van der Waals surface area contributed by atoms with Crippen molar-refractivity contribution in [1.82, 2.24) is 0 Å². The predicted molar refractivity (Wildman–Crippen MR) is 67.7 cm³/mol. The average Bonchev–Trinajstić information content (AvgIpc) is 2.25. The van der Waals surface area contributed by atoms with Crippen LogP contribution in [0.4, 0.5) is 5.69 Å². The zero-order valence-electron chi connectivity index (χ0n) is 11.0. The molecule has 0 saturated carbocycles. The van der Waals surface area contributed by atoms with E-state index in [4.69, 9.17) is 9.47 Å². The topological polar surface area (TPSA) is 47.6 Å². The first-order valence-electron chi connectivity index (χ1n) is 5.47. The highest BCUT2D eigenvalue weighted by atomic mass is 16.6. The molecular weight excluding hydrogens is 218 g/mol. The summed E-state index contributed by atoms with van der Waals surface area (Å²) in [4.78, 5) is 12.0. The molecule has 0 aliphatic rings. The summed E-state index contributed by atoms with van der Waals surface area (Å²) < 4.78 is 10.5. The van der Waals surface area contributed by atoms with Crippen molar-refractivity contribution in [3.63, 3.8) is 0 Å². The normalized spacial score (nSPS) is 10.9. The lowest BCUT2D eigenvalue weighted by Crippen LogP contribution is -2.24. The number of esters is 1. The Balaban J connectivity index is 3.09. The van der Waals surface area contributed by atoms with Crippen molar-refractivity contribution in [2.24, 2.45) is 0 Å². The highest BCUT2D eigenvalue weighted by Crippen LogP contribution is 2.29. The molecule has 0 aliphatic heterocycles. The number of hydrogen-bond donors (Lipinski definition) is 1. The fourth-order valence-corrected chi connectivity index (χ4v) is 1.46. The Kier molecular flexibility index (Phi) is 3.99. The standard InChI is InChI=1S/C13H19NO3/c1-13(2,3)17-12(15)9-7-6-8-10(16-5)11(9)14-4/h6-8,14H,1-5H3. The number of methoxy groups -OCH3 is 1. The Morgan fingerprint density at radius 1 is 1.29 bits per heavy atom. The van der Waals surface area contributed by atoms with Crippen LogP contribution < -0.4 is 10.1 Å². The van der Waals surface area contributed by atoms with E-state index in [1.54, 1.807) is 32.4 Å². The summed E-state index contributed by atoms with van der Waals surface area (Å²) in [6, 6.07) is 5.26. The van der Waals surface area contributed by atoms with Crippen molar-refractivity contribution >= 4 is 11.7 Å². The molecule has 0 fully saturated rings. The molecule has 0 spiro atoms. The van der Waals surface area contributed by atoms with E-state index < -0.39 is 5.60 Å². The van der Waals surface area contributed by atoms with Crippen LogP contribution >= 0.6 is 0 Å². The Hall–Kier alpha value is -1.71. The highest BCUT2D eigenvalue weighted by Gasteiger charge is 2.21. The van der Waals surface area contributed by atoms with Gasteiger partial charge < -0.3 is 14.8 Å². The quantitative estimate of drug-likeness (QED) is 0.821. The summed E-state index contributed by atoms with van der Waals surface area (Å²) in [7, 11) is 3.31. The van der Waals surface area contributed by atoms with Crippen molar-refractivity contribution in [3.05, 3.63) is 23.8 Å². The number of para-hydroxylation sites is 1. The highest BCUT2D eigenvalue weighted by molar-refractivity contribution is 5.97. The van der Waals surface area contributed by atoms with Crippen LogP contribution in [0.5, 0.6) is 5.75 Å². The van der Waals surface area contributed by atoms with Crippen molar-refractivity contribution in [3.8, 4) is 5.75 Å². The number of anilines is 1. The van der Waals surface area contributed by atoms with Gasteiger partial charge in [-0.1, -0.05) is 6.07 Å². The second-order valence-electron chi connectivity index (χ2n) is 4.63. The van der Waals surface area contributed by atoms with Gasteiger partial charge in [0.2, 0.25) is 0 Å². The van der Waals surface area contributed by atoms with E-state index in [-0.39, 0.29) is 5.97 Å². The molecule has 94 valence electrons. The van der Waals surface area contributed by atoms with E-state index in [0.29, 0.717) is 17.0 Å². The van der Waals surface area contributed by atoms with Crippen LogP contribution in [0, 0.1) is 0 Å². The molecule has 4 heteroatoms. The summed E-state index contributed by atoms with van der Waals surface area (Å²) in [5, 5.41) is 2.96. The van der Waals surface area contributed by atoms with Crippen LogP contribution in [0.3, 0.4) is 0 Å². The Bertz CT molecular complexity index is 408. The second-order valence-corrected chi connectivity index (χ2v) is 4.63. The summed E-state index contributed by atoms with van der Waals surface area (Å²) in [5.74, 6) is 0.261. The molecule has 0 aromatic heterocycles. The smallest absolute Gasteiger partial charge is 0.340 e. The van der Waals surface area contributed by atoms with E-state index >= 15 is 0 Å². The Morgan fingerprint density at radius 2 is 1.94 bits per heavy atom. The zero-order valence-corrected chi connectivity index (χ0v) is 11.0. The van der Waals surface area contributed by atoms with Crippen molar-refractivity contribution in [1.29, 1.82) is 0 Å². The number of carbonyl (C=O) groups excluding carboxylic acids is 1. The number of rotatable bonds is 3. The third-order valence-electron chi connectivity index (χ3n) is 2.11. The molecule has 0 saturated heterocycles. The SMILES string of the molecule is CNc1c(OC)cccc1C(=O)OC(C)(C)C. The summed E-state index contributed by atoms with van der Waals surface area (Å²) in [6.07, 6.45) is 0. The molecule has 0 heterocycles. The molecule has 1 aromatic rings. The molecule has 0 aliphatic carbocycles. The zero-order chi connectivity index (χ0) is 13.1. The minimum Gasteiger partial charge on any atom is -0.495 e. The minimum atomic E-state index is -0.509. The molecule has 1 aromatic carbocycles. The van der Waals surface area contributed by atoms with Crippen LogP contribution in [-0.2, 0) is 4.74 Å². The van der Waals surface area contributed by atoms with Crippen LogP contribution in [0.15, 0.2) is 18.2 Å². The van der Waals surface area contributed by atoms with Gasteiger partial charge in [-0.2, -0.15) is 0 Å². The second kappa shape index (κ2) is 5.08. The number of carbonyl (C=O) groups is 1. The van der Waals surface area contributed by atoms with E-state index in [9.17, 15) is 4.79 Å². The van der Waals surface area contributed by atoms with E-state index in [1.807, 2.05) is 20.8 Å². The van der Waals surface area contributed by atoms with E-state index in [2.05, 4.69) is 5.32 Å². The Morgan fingerprint density at radius 3 is 2.41 bits per heavy atom. The maximum absolute atomic E-state index is 12.0. The predicted octanol–water partition coefficient (Wildman–Crippen LogP) is 2.69. The van der Waals surface area contributed by atoms with Crippen LogP contribution in [0.2, 0.25) is 0 Å². The van der Waals surface area contributed by atoms with Gasteiger partial charge in [0.25, 0.3) is 0 Å². The van der Waals surface area contributed by atoms with E-state index in [1.165, 1.54) is 0 Å². The first-order chi connectivity index (χ1) is 7.89. The molecule has 17 heavy (non-hydrogen) atoms. The number of ether oxygens (including phenoxy) is 2. The fraction of sp³-hybridized carbons (Fsp3) is 0.462. The maximum atomic E-state index is 12.0. The molecule has 0 unspecified atom stereocenters. The largest absolute Gasteiger partial charge is 0.495 e. The number of hydrogen-bond acceptors (Lipinski definition) is 4. The number of benzene rings is 1. The van der Waals surface area contributed by atoms with Crippen molar-refractivity contribution in [2.75, 3.05) is 19.5 Å². The van der Waals surface area contributed by atoms with Gasteiger partial charge >= 0.3 is 5.97 Å². The molecular formula is C13H19NO3. The molecule has 0 atom stereocenters. The lowest BCUT2D eigenvalue weighted by molar-refractivity contribution is 0.00704. The maximum Gasteiger partial charge on any atom is 0.340 e. The monoisotopic (exact) mass is 237 g/mol. The van der Waals surface area contributed by atoms with Gasteiger partial charge in [-0.05, 0) is 32.9 Å². The first-order valence-corrected chi connectivity index (χ1v) is 5.47. The van der Waals surface area contributed by atoms with Crippen molar-refractivity contribution in [2.45, 2.75) is 26.4 Å². The lowest BCUT2D eigenvalue weighted by Gasteiger charge is -2.21. The van der Waals surface area contributed by atoms with Crippen LogP contribution in [-0.4, -0.2) is 25.7 Å². The lowest BCUT2D eigenvalue weighted by atomic mass is 10.1. The summed E-state index contributed by atoms with van der Waals surface area (Å²) >= 11 is 0. The van der Waals surface area contributed by atoms with Gasteiger partial charge in [0, 0.05) is 7.05 Å². The molecule has 4 nitrogen and oxygen atoms in total. The van der Waals surface area contributed by atoms with Gasteiger partial charge in [0.15, 0.2) is 0 Å². The van der Waals surface area contributed by atoms with Gasteiger partial charge in [-0.3, -0.25) is 0 Å². The molecule has 0 bridgehead atoms. The van der Waals surface area contributed by atoms with Crippen molar-refractivity contribution < 1.29 is 14.3 Å². The van der Waals surface area contributed by atoms with Gasteiger partial charge in [0.05, 0.1) is 18.4 Å². The minimum absolute atomic E-state index is 0.360. The van der Waals surface area contributed by atoms with Gasteiger partial charge in [-0.15, -0.1) is 0 Å². The molecule has 1 N–H and O–H groups in total. The van der Waals surface area contributed by atoms with Gasteiger partial charge in [0.1, 0.15) is 11.4 Å². The van der Waals surface area contributed by atoms with Gasteiger partial charge in [-0.25, -0.2) is 4.79 Å². The summed E-state index contributed by atoms with van der Waals surface area (Å²) in [6.45, 7) is 5.51. The van der Waals surface area contributed by atoms with Crippen LogP contribution in [0.25, 0.3) is 0 Å². The molecule has 0 radical (unpaired) electrons. The average molecular weight is 237 g/mol. The molecule has 1 rings (SSSR count). The van der Waals surface area contributed by atoms with E-state index in [0.717, 1.165) is 0 Å². The summed E-state index contributed by atoms with van der Waals surface area (Å²) in [5.41, 5.74) is 0.608. The number of nitrogens with one attached hydrogen (secondary N) is 1. The Labute approximate surface area is 102 Å². The fourth-order valence-electron chi connectivity index (χ4n) is 1.46. The first kappa shape index (κ1) is 13.4. The molecule has 0 amide bonds. The third kappa shape index (κ3) is 3.37. The third-order valence-corrected chi connectivity index (χ3v) is 2.11.